The first-order chi connectivity index (χ1) is 6.86. The molecule has 1 N–H and O–H groups in total. The number of hydrogen-bond donors (Lipinski definition) is 1. The van der Waals surface area contributed by atoms with Crippen molar-refractivity contribution >= 4 is 5.91 Å². The molecular formula is C11H23N3O. The number of carbonyl (C=O) groups excluding carboxylic acids is 1. The van der Waals surface area contributed by atoms with Gasteiger partial charge in [-0.25, -0.2) is 0 Å². The zero-order valence-corrected chi connectivity index (χ0v) is 10.5. The smallest absolute Gasteiger partial charge is 0.237 e. The van der Waals surface area contributed by atoms with E-state index in [0.717, 1.165) is 13.1 Å². The van der Waals surface area contributed by atoms with Crippen LogP contribution in [0.4, 0.5) is 0 Å². The number of amides is 1. The van der Waals surface area contributed by atoms with E-state index in [0.29, 0.717) is 12.6 Å². The summed E-state index contributed by atoms with van der Waals surface area (Å²) in [6.45, 7) is 8.55. The number of likely N-dealkylation sites (N-methyl/N-ethyl adjacent to an activating group) is 2. The molecular weight excluding hydrogens is 190 g/mol. The van der Waals surface area contributed by atoms with Gasteiger partial charge in [0.15, 0.2) is 0 Å². The highest BCUT2D eigenvalue weighted by Gasteiger charge is 2.35. The van der Waals surface area contributed by atoms with Crippen molar-refractivity contribution in [1.29, 1.82) is 0 Å². The standard InChI is InChI=1S/C11H23N3O/c1-11(2,3)14-7-9(6-12-4)13(5)8-10(14)15/h9,12H,6-8H2,1-5H3. The molecule has 1 saturated heterocycles. The van der Waals surface area contributed by atoms with E-state index in [-0.39, 0.29) is 11.4 Å². The largest absolute Gasteiger partial charge is 0.335 e. The summed E-state index contributed by atoms with van der Waals surface area (Å²) in [7, 11) is 3.96. The maximum atomic E-state index is 11.9. The second-order valence-electron chi connectivity index (χ2n) is 5.30. The van der Waals surface area contributed by atoms with Crippen molar-refractivity contribution in [3.05, 3.63) is 0 Å². The molecule has 1 amide bonds. The maximum absolute atomic E-state index is 11.9. The normalized spacial score (nSPS) is 24.7. The van der Waals surface area contributed by atoms with Crippen molar-refractivity contribution < 1.29 is 4.79 Å². The van der Waals surface area contributed by atoms with Crippen LogP contribution in [0.25, 0.3) is 0 Å². The molecule has 0 aromatic carbocycles. The molecule has 0 aliphatic carbocycles. The van der Waals surface area contributed by atoms with Crippen LogP contribution in [0.3, 0.4) is 0 Å². The van der Waals surface area contributed by atoms with Crippen molar-refractivity contribution in [1.82, 2.24) is 15.1 Å². The average Bonchev–Trinajstić information content (AvgIpc) is 2.07. The first-order valence-corrected chi connectivity index (χ1v) is 5.51. The molecule has 1 rings (SSSR count). The van der Waals surface area contributed by atoms with Crippen molar-refractivity contribution in [3.63, 3.8) is 0 Å². The third kappa shape index (κ3) is 2.92. The first-order valence-electron chi connectivity index (χ1n) is 5.51. The molecule has 4 heteroatoms. The predicted octanol–water partition coefficient (Wildman–Crippen LogP) is 0.147. The van der Waals surface area contributed by atoms with E-state index < -0.39 is 0 Å². The Kier molecular flexibility index (Phi) is 3.73. The summed E-state index contributed by atoms with van der Waals surface area (Å²) in [4.78, 5) is 16.0. The third-order valence-electron chi connectivity index (χ3n) is 2.95. The second kappa shape index (κ2) is 4.49. The van der Waals surface area contributed by atoms with Crippen LogP contribution in [0.5, 0.6) is 0 Å². The number of hydrogen-bond acceptors (Lipinski definition) is 3. The Hall–Kier alpha value is -0.610. The summed E-state index contributed by atoms with van der Waals surface area (Å²) in [5, 5.41) is 3.18. The average molecular weight is 213 g/mol. The molecule has 0 radical (unpaired) electrons. The zero-order valence-electron chi connectivity index (χ0n) is 10.5. The van der Waals surface area contributed by atoms with Gasteiger partial charge in [0.2, 0.25) is 5.91 Å². The highest BCUT2D eigenvalue weighted by Crippen LogP contribution is 2.19. The van der Waals surface area contributed by atoms with Gasteiger partial charge >= 0.3 is 0 Å². The number of nitrogens with zero attached hydrogens (tertiary/aromatic N) is 2. The minimum Gasteiger partial charge on any atom is -0.335 e. The van der Waals surface area contributed by atoms with Crippen LogP contribution in [0.1, 0.15) is 20.8 Å². The molecule has 1 fully saturated rings. The number of rotatable bonds is 2. The van der Waals surface area contributed by atoms with Gasteiger partial charge in [-0.1, -0.05) is 0 Å². The van der Waals surface area contributed by atoms with Gasteiger partial charge in [-0.15, -0.1) is 0 Å². The fourth-order valence-corrected chi connectivity index (χ4v) is 1.98. The van der Waals surface area contributed by atoms with Crippen LogP contribution in [-0.4, -0.2) is 61.0 Å². The molecule has 0 bridgehead atoms. The lowest BCUT2D eigenvalue weighted by Crippen LogP contribution is -2.61. The van der Waals surface area contributed by atoms with Crippen molar-refractivity contribution in [2.24, 2.45) is 0 Å². The van der Waals surface area contributed by atoms with Crippen LogP contribution < -0.4 is 5.32 Å². The molecule has 0 aromatic rings. The summed E-state index contributed by atoms with van der Waals surface area (Å²) in [6, 6.07) is 0.423. The summed E-state index contributed by atoms with van der Waals surface area (Å²) in [6.07, 6.45) is 0. The van der Waals surface area contributed by atoms with Gasteiger partial charge in [0, 0.05) is 24.7 Å². The number of piperazine rings is 1. The van der Waals surface area contributed by atoms with Crippen LogP contribution in [0, 0.1) is 0 Å². The van der Waals surface area contributed by atoms with E-state index in [9.17, 15) is 4.79 Å². The topological polar surface area (TPSA) is 35.6 Å². The van der Waals surface area contributed by atoms with Crippen molar-refractivity contribution in [2.45, 2.75) is 32.4 Å². The Morgan fingerprint density at radius 2 is 2.07 bits per heavy atom. The molecule has 88 valence electrons. The summed E-state index contributed by atoms with van der Waals surface area (Å²) in [5.74, 6) is 0.234. The lowest BCUT2D eigenvalue weighted by molar-refractivity contribution is -0.143. The Balaban J connectivity index is 2.71. The minimum atomic E-state index is -0.0651. The molecule has 0 aromatic heterocycles. The Labute approximate surface area is 92.6 Å². The fraction of sp³-hybridized carbons (Fsp3) is 0.909. The molecule has 15 heavy (non-hydrogen) atoms. The second-order valence-corrected chi connectivity index (χ2v) is 5.30. The van der Waals surface area contributed by atoms with Gasteiger partial charge < -0.3 is 10.2 Å². The van der Waals surface area contributed by atoms with Gasteiger partial charge in [-0.2, -0.15) is 0 Å². The molecule has 1 atom stereocenters. The van der Waals surface area contributed by atoms with Crippen LogP contribution >= 0.6 is 0 Å². The summed E-state index contributed by atoms with van der Waals surface area (Å²) in [5.41, 5.74) is -0.0651. The number of nitrogens with one attached hydrogen (secondary N) is 1. The van der Waals surface area contributed by atoms with E-state index in [1.165, 1.54) is 0 Å². The van der Waals surface area contributed by atoms with E-state index in [1.807, 2.05) is 19.0 Å². The highest BCUT2D eigenvalue weighted by atomic mass is 16.2. The third-order valence-corrected chi connectivity index (χ3v) is 2.95. The Bertz CT molecular complexity index is 234. The molecule has 4 nitrogen and oxygen atoms in total. The highest BCUT2D eigenvalue weighted by molar-refractivity contribution is 5.79. The summed E-state index contributed by atoms with van der Waals surface area (Å²) >= 11 is 0. The van der Waals surface area contributed by atoms with E-state index in [4.69, 9.17) is 0 Å². The maximum Gasteiger partial charge on any atom is 0.237 e. The van der Waals surface area contributed by atoms with Gasteiger partial charge in [-0.3, -0.25) is 9.69 Å². The zero-order chi connectivity index (χ0) is 11.6. The van der Waals surface area contributed by atoms with E-state index >= 15 is 0 Å². The quantitative estimate of drug-likeness (QED) is 0.709. The minimum absolute atomic E-state index is 0.0651. The molecule has 0 saturated carbocycles. The fourth-order valence-electron chi connectivity index (χ4n) is 1.98. The SMILES string of the molecule is CNCC1CN(C(C)(C)C)C(=O)CN1C. The van der Waals surface area contributed by atoms with Crippen LogP contribution in [0.2, 0.25) is 0 Å². The van der Waals surface area contributed by atoms with Gasteiger partial charge in [-0.05, 0) is 34.9 Å². The van der Waals surface area contributed by atoms with E-state index in [1.54, 1.807) is 0 Å². The lowest BCUT2D eigenvalue weighted by Gasteiger charge is -2.45. The van der Waals surface area contributed by atoms with Gasteiger partial charge in [0.25, 0.3) is 0 Å². The van der Waals surface area contributed by atoms with Crippen molar-refractivity contribution in [2.75, 3.05) is 33.7 Å². The van der Waals surface area contributed by atoms with E-state index in [2.05, 4.69) is 31.0 Å². The van der Waals surface area contributed by atoms with Gasteiger partial charge in [0.1, 0.15) is 0 Å². The van der Waals surface area contributed by atoms with Gasteiger partial charge in [0.05, 0.1) is 6.54 Å². The molecule has 0 spiro atoms. The lowest BCUT2D eigenvalue weighted by atomic mass is 10.0. The summed E-state index contributed by atoms with van der Waals surface area (Å²) < 4.78 is 0. The number of carbonyl (C=O) groups is 1. The molecule has 1 heterocycles. The van der Waals surface area contributed by atoms with Crippen molar-refractivity contribution in [3.8, 4) is 0 Å². The molecule has 1 aliphatic heterocycles. The molecule has 1 aliphatic rings. The predicted molar refractivity (Wildman–Crippen MR) is 61.8 cm³/mol. The van der Waals surface area contributed by atoms with Crippen LogP contribution in [-0.2, 0) is 4.79 Å². The monoisotopic (exact) mass is 213 g/mol. The Morgan fingerprint density at radius 1 is 1.47 bits per heavy atom. The first kappa shape index (κ1) is 12.5. The Morgan fingerprint density at radius 3 is 2.53 bits per heavy atom. The van der Waals surface area contributed by atoms with Crippen LogP contribution in [0.15, 0.2) is 0 Å². The molecule has 1 unspecified atom stereocenters.